The molecule has 4 aromatic rings. The van der Waals surface area contributed by atoms with Gasteiger partial charge in [-0.3, -0.25) is 19.6 Å². The number of anilines is 2. The van der Waals surface area contributed by atoms with Crippen LogP contribution in [0, 0.1) is 0 Å². The van der Waals surface area contributed by atoms with Crippen molar-refractivity contribution in [1.82, 2.24) is 9.97 Å². The minimum absolute atomic E-state index is 0.104. The number of nitrogens with one attached hydrogen (secondary N) is 2. The van der Waals surface area contributed by atoms with Crippen molar-refractivity contribution >= 4 is 23.2 Å². The van der Waals surface area contributed by atoms with Crippen LogP contribution in [0.4, 0.5) is 11.4 Å². The summed E-state index contributed by atoms with van der Waals surface area (Å²) in [5.41, 5.74) is 4.35. The number of carbonyl (C=O) groups is 2. The van der Waals surface area contributed by atoms with Gasteiger partial charge in [-0.15, -0.1) is 0 Å². The molecule has 0 saturated carbocycles. The number of hydrogen-bond donors (Lipinski definition) is 2. The monoisotopic (exact) mass is 450 g/mol. The van der Waals surface area contributed by atoms with E-state index >= 15 is 0 Å². The van der Waals surface area contributed by atoms with Crippen molar-refractivity contribution in [1.29, 1.82) is 0 Å². The van der Waals surface area contributed by atoms with Crippen LogP contribution in [0.5, 0.6) is 0 Å². The minimum Gasteiger partial charge on any atom is -0.325 e. The highest BCUT2D eigenvalue weighted by Crippen LogP contribution is 2.24. The summed E-state index contributed by atoms with van der Waals surface area (Å²) in [6.45, 7) is 3.74. The van der Waals surface area contributed by atoms with Crippen molar-refractivity contribution in [2.75, 3.05) is 10.6 Å². The Labute approximate surface area is 199 Å². The van der Waals surface area contributed by atoms with Crippen LogP contribution in [0.15, 0.2) is 97.3 Å². The Bertz CT molecular complexity index is 1170. The van der Waals surface area contributed by atoms with Crippen molar-refractivity contribution in [3.8, 4) is 11.4 Å². The fraction of sp³-hybridized carbons (Fsp3) is 0.143. The first kappa shape index (κ1) is 22.9. The van der Waals surface area contributed by atoms with E-state index in [0.717, 1.165) is 11.1 Å². The second-order valence-electron chi connectivity index (χ2n) is 8.10. The molecular weight excluding hydrogens is 424 g/mol. The highest BCUT2D eigenvalue weighted by molar-refractivity contribution is 5.97. The maximum Gasteiger partial charge on any atom is 0.231 e. The van der Waals surface area contributed by atoms with Gasteiger partial charge in [0.15, 0.2) is 0 Å². The van der Waals surface area contributed by atoms with Gasteiger partial charge in [0.25, 0.3) is 0 Å². The van der Waals surface area contributed by atoms with Crippen LogP contribution >= 0.6 is 0 Å². The highest BCUT2D eigenvalue weighted by Gasteiger charge is 2.17. The summed E-state index contributed by atoms with van der Waals surface area (Å²) >= 11 is 0. The van der Waals surface area contributed by atoms with Crippen molar-refractivity contribution in [2.24, 2.45) is 0 Å². The normalized spacial score (nSPS) is 12.4. The highest BCUT2D eigenvalue weighted by atomic mass is 16.2. The molecule has 2 N–H and O–H groups in total. The SMILES string of the molecule is C[C@H](C(=O)Nc1ccnc(-c2cc(NC(=O)[C@@H](C)c3ccccc3)ccn2)c1)c1ccccc1. The molecule has 0 bridgehead atoms. The average molecular weight is 451 g/mol. The van der Waals surface area contributed by atoms with E-state index in [1.54, 1.807) is 36.7 Å². The number of rotatable bonds is 7. The number of benzene rings is 2. The van der Waals surface area contributed by atoms with Crippen LogP contribution in [0.3, 0.4) is 0 Å². The van der Waals surface area contributed by atoms with E-state index in [1.165, 1.54) is 0 Å². The maximum absolute atomic E-state index is 12.7. The molecule has 0 aliphatic heterocycles. The Hall–Kier alpha value is -4.32. The molecule has 2 aromatic heterocycles. The first-order chi connectivity index (χ1) is 16.5. The molecule has 2 atom stereocenters. The molecule has 0 aliphatic rings. The molecule has 6 heteroatoms. The van der Waals surface area contributed by atoms with Gasteiger partial charge in [-0.25, -0.2) is 0 Å². The Morgan fingerprint density at radius 1 is 0.618 bits per heavy atom. The zero-order chi connectivity index (χ0) is 23.9. The van der Waals surface area contributed by atoms with Crippen LogP contribution in [0.25, 0.3) is 11.4 Å². The third kappa shape index (κ3) is 5.53. The van der Waals surface area contributed by atoms with Gasteiger partial charge in [-0.2, -0.15) is 0 Å². The quantitative estimate of drug-likeness (QED) is 0.382. The molecule has 6 nitrogen and oxygen atoms in total. The first-order valence-corrected chi connectivity index (χ1v) is 11.2. The van der Waals surface area contributed by atoms with E-state index in [9.17, 15) is 9.59 Å². The summed E-state index contributed by atoms with van der Waals surface area (Å²) in [6.07, 6.45) is 3.26. The maximum atomic E-state index is 12.7. The zero-order valence-electron chi connectivity index (χ0n) is 19.1. The molecule has 0 fully saturated rings. The molecule has 2 aromatic carbocycles. The van der Waals surface area contributed by atoms with E-state index in [4.69, 9.17) is 0 Å². The Kier molecular flexibility index (Phi) is 7.08. The molecule has 0 saturated heterocycles. The van der Waals surface area contributed by atoms with Crippen LogP contribution < -0.4 is 10.6 Å². The molecule has 4 rings (SSSR count). The number of nitrogens with zero attached hydrogens (tertiary/aromatic N) is 2. The van der Waals surface area contributed by atoms with Gasteiger partial charge < -0.3 is 10.6 Å². The third-order valence-corrected chi connectivity index (χ3v) is 5.70. The lowest BCUT2D eigenvalue weighted by Gasteiger charge is -2.14. The summed E-state index contributed by atoms with van der Waals surface area (Å²) in [4.78, 5) is 34.2. The number of amides is 2. The average Bonchev–Trinajstić information content (AvgIpc) is 2.89. The third-order valence-electron chi connectivity index (χ3n) is 5.70. The molecule has 170 valence electrons. The van der Waals surface area contributed by atoms with E-state index in [-0.39, 0.29) is 23.7 Å². The van der Waals surface area contributed by atoms with Crippen molar-refractivity contribution < 1.29 is 9.59 Å². The number of carbonyl (C=O) groups excluding carboxylic acids is 2. The summed E-state index contributed by atoms with van der Waals surface area (Å²) < 4.78 is 0. The minimum atomic E-state index is -0.291. The first-order valence-electron chi connectivity index (χ1n) is 11.2. The van der Waals surface area contributed by atoms with Crippen LogP contribution in [0.2, 0.25) is 0 Å². The second kappa shape index (κ2) is 10.5. The fourth-order valence-electron chi connectivity index (χ4n) is 3.58. The van der Waals surface area contributed by atoms with E-state index in [2.05, 4.69) is 20.6 Å². The van der Waals surface area contributed by atoms with Crippen molar-refractivity contribution in [3.05, 3.63) is 108 Å². The molecule has 34 heavy (non-hydrogen) atoms. The number of pyridine rings is 2. The molecular formula is C28H26N4O2. The smallest absolute Gasteiger partial charge is 0.231 e. The van der Waals surface area contributed by atoms with Crippen molar-refractivity contribution in [3.63, 3.8) is 0 Å². The summed E-state index contributed by atoms with van der Waals surface area (Å²) in [5, 5.41) is 5.91. The largest absolute Gasteiger partial charge is 0.325 e. The van der Waals surface area contributed by atoms with Gasteiger partial charge in [0.05, 0.1) is 23.2 Å². The van der Waals surface area contributed by atoms with Gasteiger partial charge in [0.2, 0.25) is 11.8 Å². The fourth-order valence-corrected chi connectivity index (χ4v) is 3.58. The predicted octanol–water partition coefficient (Wildman–Crippen LogP) is 5.63. The summed E-state index contributed by atoms with van der Waals surface area (Å²) in [7, 11) is 0. The summed E-state index contributed by atoms with van der Waals surface area (Å²) in [6, 6.07) is 26.3. The lowest BCUT2D eigenvalue weighted by Crippen LogP contribution is -2.19. The van der Waals surface area contributed by atoms with Crippen LogP contribution in [-0.2, 0) is 9.59 Å². The molecule has 2 heterocycles. The van der Waals surface area contributed by atoms with Gasteiger partial charge in [0, 0.05) is 23.8 Å². The topological polar surface area (TPSA) is 84.0 Å². The Morgan fingerprint density at radius 2 is 1.00 bits per heavy atom. The zero-order valence-corrected chi connectivity index (χ0v) is 19.1. The molecule has 0 spiro atoms. The van der Waals surface area contributed by atoms with Crippen molar-refractivity contribution in [2.45, 2.75) is 25.7 Å². The standard InChI is InChI=1S/C28H26N4O2/c1-19(21-9-5-3-6-10-21)27(33)31-23-13-15-29-25(17-23)26-18-24(14-16-30-26)32-28(34)20(2)22-11-7-4-8-12-22/h3-20H,1-2H3,(H,29,31,33)(H,30,32,34)/t19-,20-/m0/s1. The van der Waals surface area contributed by atoms with Gasteiger partial charge in [-0.05, 0) is 49.2 Å². The lowest BCUT2D eigenvalue weighted by atomic mass is 10.0. The second-order valence-corrected chi connectivity index (χ2v) is 8.10. The Morgan fingerprint density at radius 3 is 1.38 bits per heavy atom. The van der Waals surface area contributed by atoms with Gasteiger partial charge in [0.1, 0.15) is 0 Å². The molecule has 2 amide bonds. The molecule has 0 aliphatic carbocycles. The number of aromatic nitrogens is 2. The molecule has 0 unspecified atom stereocenters. The van der Waals surface area contributed by atoms with Gasteiger partial charge >= 0.3 is 0 Å². The van der Waals surface area contributed by atoms with Gasteiger partial charge in [-0.1, -0.05) is 60.7 Å². The summed E-state index contributed by atoms with van der Waals surface area (Å²) in [5.74, 6) is -0.790. The van der Waals surface area contributed by atoms with E-state index < -0.39 is 0 Å². The van der Waals surface area contributed by atoms with Crippen LogP contribution in [0.1, 0.15) is 36.8 Å². The predicted molar refractivity (Wildman–Crippen MR) is 134 cm³/mol. The van der Waals surface area contributed by atoms with Crippen LogP contribution in [-0.4, -0.2) is 21.8 Å². The lowest BCUT2D eigenvalue weighted by molar-refractivity contribution is -0.118. The molecule has 0 radical (unpaired) electrons. The van der Waals surface area contributed by atoms with E-state index in [1.807, 2.05) is 74.5 Å². The van der Waals surface area contributed by atoms with E-state index in [0.29, 0.717) is 22.8 Å². The number of hydrogen-bond acceptors (Lipinski definition) is 4. The Balaban J connectivity index is 1.47.